The second kappa shape index (κ2) is 7.44. The van der Waals surface area contributed by atoms with E-state index in [9.17, 15) is 0 Å². The van der Waals surface area contributed by atoms with E-state index in [0.717, 1.165) is 24.6 Å². The van der Waals surface area contributed by atoms with Crippen molar-refractivity contribution in [2.75, 3.05) is 0 Å². The summed E-state index contributed by atoms with van der Waals surface area (Å²) >= 11 is 0. The van der Waals surface area contributed by atoms with Crippen LogP contribution in [0.5, 0.6) is 0 Å². The standard InChI is InChI=1S/C13H24N2O/c1-4-7-8-11(5-2)14-10-13-15-9-12(6-3)16-13/h9,11,14H,4-8,10H2,1-3H3. The molecule has 1 rings (SSSR count). The predicted octanol–water partition coefficient (Wildman–Crippen LogP) is 3.30. The van der Waals surface area contributed by atoms with Gasteiger partial charge in [0.05, 0.1) is 12.7 Å². The zero-order chi connectivity index (χ0) is 11.8. The van der Waals surface area contributed by atoms with Gasteiger partial charge in [0, 0.05) is 12.5 Å². The van der Waals surface area contributed by atoms with E-state index in [1.54, 1.807) is 0 Å². The van der Waals surface area contributed by atoms with Crippen LogP contribution in [0.25, 0.3) is 0 Å². The Labute approximate surface area is 98.6 Å². The van der Waals surface area contributed by atoms with Crippen molar-refractivity contribution in [2.24, 2.45) is 0 Å². The Kier molecular flexibility index (Phi) is 6.16. The minimum absolute atomic E-state index is 0.594. The summed E-state index contributed by atoms with van der Waals surface area (Å²) in [5.41, 5.74) is 0. The summed E-state index contributed by atoms with van der Waals surface area (Å²) in [6.45, 7) is 7.28. The molecule has 1 aromatic heterocycles. The molecular formula is C13H24N2O. The van der Waals surface area contributed by atoms with Crippen LogP contribution in [0.1, 0.15) is 58.1 Å². The lowest BCUT2D eigenvalue weighted by molar-refractivity contribution is 0.394. The van der Waals surface area contributed by atoms with Gasteiger partial charge in [-0.15, -0.1) is 0 Å². The van der Waals surface area contributed by atoms with Crippen LogP contribution in [0.4, 0.5) is 0 Å². The van der Waals surface area contributed by atoms with E-state index < -0.39 is 0 Å². The number of unbranched alkanes of at least 4 members (excludes halogenated alkanes) is 1. The number of oxazole rings is 1. The van der Waals surface area contributed by atoms with Crippen molar-refractivity contribution in [1.82, 2.24) is 10.3 Å². The zero-order valence-corrected chi connectivity index (χ0v) is 10.8. The van der Waals surface area contributed by atoms with E-state index in [1.807, 2.05) is 6.20 Å². The van der Waals surface area contributed by atoms with Crippen molar-refractivity contribution >= 4 is 0 Å². The number of hydrogen-bond donors (Lipinski definition) is 1. The molecule has 0 spiro atoms. The Morgan fingerprint density at radius 1 is 1.38 bits per heavy atom. The molecule has 3 nitrogen and oxygen atoms in total. The van der Waals surface area contributed by atoms with Crippen LogP contribution < -0.4 is 5.32 Å². The molecular weight excluding hydrogens is 200 g/mol. The fourth-order valence-electron chi connectivity index (χ4n) is 1.73. The van der Waals surface area contributed by atoms with Gasteiger partial charge >= 0.3 is 0 Å². The lowest BCUT2D eigenvalue weighted by Gasteiger charge is -2.14. The van der Waals surface area contributed by atoms with Gasteiger partial charge in [0.15, 0.2) is 0 Å². The van der Waals surface area contributed by atoms with Crippen LogP contribution in [0.3, 0.4) is 0 Å². The lowest BCUT2D eigenvalue weighted by atomic mass is 10.1. The number of aromatic nitrogens is 1. The Morgan fingerprint density at radius 2 is 2.19 bits per heavy atom. The summed E-state index contributed by atoms with van der Waals surface area (Å²) in [5, 5.41) is 3.50. The molecule has 0 saturated carbocycles. The summed E-state index contributed by atoms with van der Waals surface area (Å²) in [6, 6.07) is 0.594. The topological polar surface area (TPSA) is 38.1 Å². The number of nitrogens with one attached hydrogen (secondary N) is 1. The molecule has 3 heteroatoms. The van der Waals surface area contributed by atoms with E-state index in [1.165, 1.54) is 25.7 Å². The minimum atomic E-state index is 0.594. The Hall–Kier alpha value is -0.830. The number of rotatable bonds is 8. The van der Waals surface area contributed by atoms with Crippen molar-refractivity contribution in [3.05, 3.63) is 17.8 Å². The van der Waals surface area contributed by atoms with Crippen molar-refractivity contribution in [2.45, 2.75) is 65.5 Å². The molecule has 92 valence electrons. The summed E-state index contributed by atoms with van der Waals surface area (Å²) in [4.78, 5) is 4.24. The molecule has 0 amide bonds. The molecule has 0 fully saturated rings. The number of nitrogens with zero attached hydrogens (tertiary/aromatic N) is 1. The third-order valence-corrected chi connectivity index (χ3v) is 2.89. The smallest absolute Gasteiger partial charge is 0.208 e. The van der Waals surface area contributed by atoms with Crippen LogP contribution >= 0.6 is 0 Å². The van der Waals surface area contributed by atoms with Gasteiger partial charge in [0.1, 0.15) is 5.76 Å². The third kappa shape index (κ3) is 4.35. The molecule has 0 aromatic carbocycles. The molecule has 0 aliphatic rings. The first-order valence-electron chi connectivity index (χ1n) is 6.47. The predicted molar refractivity (Wildman–Crippen MR) is 66.3 cm³/mol. The van der Waals surface area contributed by atoms with Crippen LogP contribution in [-0.4, -0.2) is 11.0 Å². The monoisotopic (exact) mass is 224 g/mol. The van der Waals surface area contributed by atoms with Crippen LogP contribution in [-0.2, 0) is 13.0 Å². The molecule has 1 atom stereocenters. The highest BCUT2D eigenvalue weighted by molar-refractivity contribution is 4.93. The normalized spacial score (nSPS) is 12.9. The second-order valence-corrected chi connectivity index (χ2v) is 4.20. The highest BCUT2D eigenvalue weighted by atomic mass is 16.4. The minimum Gasteiger partial charge on any atom is -0.444 e. The average molecular weight is 224 g/mol. The van der Waals surface area contributed by atoms with Gasteiger partial charge < -0.3 is 9.73 Å². The first-order valence-corrected chi connectivity index (χ1v) is 6.47. The largest absolute Gasteiger partial charge is 0.444 e. The van der Waals surface area contributed by atoms with Crippen molar-refractivity contribution in [3.63, 3.8) is 0 Å². The van der Waals surface area contributed by atoms with E-state index in [-0.39, 0.29) is 0 Å². The van der Waals surface area contributed by atoms with Gasteiger partial charge in [-0.25, -0.2) is 4.98 Å². The molecule has 0 radical (unpaired) electrons. The molecule has 0 bridgehead atoms. The summed E-state index contributed by atoms with van der Waals surface area (Å²) in [7, 11) is 0. The maximum atomic E-state index is 5.56. The molecule has 1 unspecified atom stereocenters. The fourth-order valence-corrected chi connectivity index (χ4v) is 1.73. The summed E-state index contributed by atoms with van der Waals surface area (Å²) < 4.78 is 5.56. The molecule has 0 aliphatic carbocycles. The van der Waals surface area contributed by atoms with Crippen LogP contribution in [0.2, 0.25) is 0 Å². The highest BCUT2D eigenvalue weighted by Crippen LogP contribution is 2.07. The van der Waals surface area contributed by atoms with Gasteiger partial charge in [-0.2, -0.15) is 0 Å². The molecule has 0 aliphatic heterocycles. The Balaban J connectivity index is 2.31. The van der Waals surface area contributed by atoms with Gasteiger partial charge in [-0.1, -0.05) is 33.6 Å². The van der Waals surface area contributed by atoms with Gasteiger partial charge in [-0.3, -0.25) is 0 Å². The maximum Gasteiger partial charge on any atom is 0.208 e. The summed E-state index contributed by atoms with van der Waals surface area (Å²) in [6.07, 6.45) is 7.70. The molecule has 1 aromatic rings. The SMILES string of the molecule is CCCCC(CC)NCc1ncc(CC)o1. The quantitative estimate of drug-likeness (QED) is 0.736. The van der Waals surface area contributed by atoms with E-state index in [2.05, 4.69) is 31.1 Å². The van der Waals surface area contributed by atoms with Gasteiger partial charge in [0.25, 0.3) is 0 Å². The van der Waals surface area contributed by atoms with E-state index >= 15 is 0 Å². The first-order chi connectivity index (χ1) is 7.80. The number of aryl methyl sites for hydroxylation is 1. The Bertz CT molecular complexity index is 283. The van der Waals surface area contributed by atoms with Gasteiger partial charge in [-0.05, 0) is 12.8 Å². The Morgan fingerprint density at radius 3 is 2.75 bits per heavy atom. The van der Waals surface area contributed by atoms with Crippen molar-refractivity contribution in [1.29, 1.82) is 0 Å². The van der Waals surface area contributed by atoms with Crippen molar-refractivity contribution < 1.29 is 4.42 Å². The lowest BCUT2D eigenvalue weighted by Crippen LogP contribution is -2.27. The molecule has 1 N–H and O–H groups in total. The summed E-state index contributed by atoms with van der Waals surface area (Å²) in [5.74, 6) is 1.78. The van der Waals surface area contributed by atoms with Crippen LogP contribution in [0.15, 0.2) is 10.6 Å². The van der Waals surface area contributed by atoms with E-state index in [4.69, 9.17) is 4.42 Å². The molecule has 1 heterocycles. The molecule has 0 saturated heterocycles. The number of hydrogen-bond acceptors (Lipinski definition) is 3. The molecule has 16 heavy (non-hydrogen) atoms. The second-order valence-electron chi connectivity index (χ2n) is 4.20. The fraction of sp³-hybridized carbons (Fsp3) is 0.769. The highest BCUT2D eigenvalue weighted by Gasteiger charge is 2.07. The van der Waals surface area contributed by atoms with Crippen LogP contribution in [0, 0.1) is 0 Å². The van der Waals surface area contributed by atoms with Crippen molar-refractivity contribution in [3.8, 4) is 0 Å². The van der Waals surface area contributed by atoms with Gasteiger partial charge in [0.2, 0.25) is 5.89 Å². The average Bonchev–Trinajstić information content (AvgIpc) is 2.77. The zero-order valence-electron chi connectivity index (χ0n) is 10.8. The third-order valence-electron chi connectivity index (χ3n) is 2.89. The van der Waals surface area contributed by atoms with E-state index in [0.29, 0.717) is 6.04 Å². The maximum absolute atomic E-state index is 5.56. The first kappa shape index (κ1) is 13.2.